The SMILES string of the molecule is [2H]C1([2H])OC(=O)N(C(=O)/C=C/c2ccccc2C(F)(F)F)[C@H]1c1ccc(F)cc1. The Morgan fingerprint density at radius 1 is 1.19 bits per heavy atom. The van der Waals surface area contributed by atoms with Crippen molar-refractivity contribution in [2.45, 2.75) is 12.2 Å². The smallest absolute Gasteiger partial charge is 0.417 e. The first-order valence-corrected chi connectivity index (χ1v) is 7.66. The van der Waals surface area contributed by atoms with Crippen molar-refractivity contribution in [1.29, 1.82) is 0 Å². The largest absolute Gasteiger partial charge is 0.446 e. The zero-order valence-electron chi connectivity index (χ0n) is 15.5. The summed E-state index contributed by atoms with van der Waals surface area (Å²) in [5.41, 5.74) is -1.19. The van der Waals surface area contributed by atoms with E-state index in [0.717, 1.165) is 36.4 Å². The van der Waals surface area contributed by atoms with E-state index in [-0.39, 0.29) is 11.1 Å². The van der Waals surface area contributed by atoms with Gasteiger partial charge in [0.15, 0.2) is 0 Å². The molecule has 4 nitrogen and oxygen atoms in total. The van der Waals surface area contributed by atoms with Crippen LogP contribution in [0.4, 0.5) is 22.4 Å². The van der Waals surface area contributed by atoms with Crippen LogP contribution in [0.25, 0.3) is 6.08 Å². The first-order valence-electron chi connectivity index (χ1n) is 8.66. The van der Waals surface area contributed by atoms with E-state index >= 15 is 0 Å². The molecule has 3 rings (SSSR count). The van der Waals surface area contributed by atoms with Crippen molar-refractivity contribution >= 4 is 18.1 Å². The van der Waals surface area contributed by atoms with Gasteiger partial charge in [0.05, 0.1) is 8.30 Å². The third-order valence-corrected chi connectivity index (χ3v) is 3.81. The second kappa shape index (κ2) is 7.22. The number of hydrogen-bond acceptors (Lipinski definition) is 3. The molecule has 27 heavy (non-hydrogen) atoms. The number of nitrogens with zero attached hydrogens (tertiary/aromatic N) is 1. The average molecular weight is 381 g/mol. The molecule has 0 N–H and O–H groups in total. The van der Waals surface area contributed by atoms with Crippen molar-refractivity contribution in [3.05, 3.63) is 77.1 Å². The molecule has 1 saturated heterocycles. The number of benzene rings is 2. The molecule has 0 aliphatic carbocycles. The molecule has 1 heterocycles. The van der Waals surface area contributed by atoms with Gasteiger partial charge in [-0.25, -0.2) is 14.1 Å². The van der Waals surface area contributed by atoms with Crippen LogP contribution in [-0.2, 0) is 15.7 Å². The molecule has 1 fully saturated rings. The lowest BCUT2D eigenvalue weighted by atomic mass is 10.1. The summed E-state index contributed by atoms with van der Waals surface area (Å²) in [6.45, 7) is -2.61. The Balaban J connectivity index is 1.94. The quantitative estimate of drug-likeness (QED) is 0.578. The molecule has 0 spiro atoms. The van der Waals surface area contributed by atoms with E-state index in [2.05, 4.69) is 4.74 Å². The molecule has 2 amide bonds. The third-order valence-electron chi connectivity index (χ3n) is 3.81. The van der Waals surface area contributed by atoms with Gasteiger partial charge in [-0.3, -0.25) is 4.79 Å². The molecule has 0 aromatic heterocycles. The summed E-state index contributed by atoms with van der Waals surface area (Å²) in [6.07, 6.45) is -4.34. The van der Waals surface area contributed by atoms with Gasteiger partial charge in [-0.15, -0.1) is 0 Å². The van der Waals surface area contributed by atoms with E-state index in [1.165, 1.54) is 24.3 Å². The number of cyclic esters (lactones) is 1. The molecule has 0 unspecified atom stereocenters. The van der Waals surface area contributed by atoms with Gasteiger partial charge in [-0.2, -0.15) is 13.2 Å². The lowest BCUT2D eigenvalue weighted by molar-refractivity contribution is -0.137. The topological polar surface area (TPSA) is 46.6 Å². The van der Waals surface area contributed by atoms with Crippen molar-refractivity contribution in [2.75, 3.05) is 6.56 Å². The molecular formula is C19H13F4NO3. The molecule has 1 atom stereocenters. The molecule has 2 aromatic rings. The fourth-order valence-electron chi connectivity index (χ4n) is 2.53. The van der Waals surface area contributed by atoms with Crippen LogP contribution in [0.1, 0.15) is 25.5 Å². The summed E-state index contributed by atoms with van der Waals surface area (Å²) in [5, 5.41) is 0. The molecule has 1 aliphatic rings. The van der Waals surface area contributed by atoms with Crippen LogP contribution in [0, 0.1) is 5.82 Å². The minimum Gasteiger partial charge on any atom is -0.446 e. The Morgan fingerprint density at radius 3 is 2.52 bits per heavy atom. The molecule has 0 radical (unpaired) electrons. The summed E-state index contributed by atoms with van der Waals surface area (Å²) < 4.78 is 72.7. The van der Waals surface area contributed by atoms with E-state index < -0.39 is 42.2 Å². The number of amides is 2. The summed E-state index contributed by atoms with van der Waals surface area (Å²) in [5.74, 6) is -1.69. The number of carbonyl (C=O) groups excluding carboxylic acids is 2. The monoisotopic (exact) mass is 381 g/mol. The van der Waals surface area contributed by atoms with Crippen molar-refractivity contribution in [2.24, 2.45) is 0 Å². The van der Waals surface area contributed by atoms with E-state index in [0.29, 0.717) is 4.90 Å². The highest BCUT2D eigenvalue weighted by Crippen LogP contribution is 2.33. The van der Waals surface area contributed by atoms with E-state index in [1.54, 1.807) is 0 Å². The van der Waals surface area contributed by atoms with Crippen LogP contribution < -0.4 is 0 Å². The number of ether oxygens (including phenoxy) is 1. The molecule has 140 valence electrons. The lowest BCUT2D eigenvalue weighted by Crippen LogP contribution is -2.32. The van der Waals surface area contributed by atoms with Gasteiger partial charge in [0.2, 0.25) is 0 Å². The predicted molar refractivity (Wildman–Crippen MR) is 87.8 cm³/mol. The van der Waals surface area contributed by atoms with Gasteiger partial charge in [0.25, 0.3) is 5.91 Å². The van der Waals surface area contributed by atoms with Crippen LogP contribution in [0.15, 0.2) is 54.6 Å². The van der Waals surface area contributed by atoms with Crippen LogP contribution in [0.3, 0.4) is 0 Å². The fourth-order valence-corrected chi connectivity index (χ4v) is 2.53. The highest BCUT2D eigenvalue weighted by atomic mass is 19.4. The van der Waals surface area contributed by atoms with Gasteiger partial charge >= 0.3 is 12.3 Å². The summed E-state index contributed by atoms with van der Waals surface area (Å²) in [7, 11) is 0. The van der Waals surface area contributed by atoms with Crippen LogP contribution in [-0.4, -0.2) is 23.5 Å². The molecular weight excluding hydrogens is 366 g/mol. The van der Waals surface area contributed by atoms with Crippen LogP contribution in [0.5, 0.6) is 0 Å². The first-order chi connectivity index (χ1) is 13.5. The van der Waals surface area contributed by atoms with Crippen molar-refractivity contribution in [3.63, 3.8) is 0 Å². The Hall–Kier alpha value is -3.16. The number of rotatable bonds is 3. The van der Waals surface area contributed by atoms with Gasteiger partial charge in [-0.05, 0) is 35.4 Å². The fraction of sp³-hybridized carbons (Fsp3) is 0.158. The van der Waals surface area contributed by atoms with Gasteiger partial charge in [0.1, 0.15) is 18.4 Å². The second-order valence-corrected chi connectivity index (χ2v) is 5.57. The number of alkyl halides is 3. The molecule has 2 aromatic carbocycles. The third kappa shape index (κ3) is 3.99. The lowest BCUT2D eigenvalue weighted by Gasteiger charge is -2.18. The first kappa shape index (κ1) is 16.0. The number of halogens is 4. The standard InChI is InChI=1S/C19H13F4NO3/c20-14-8-5-13(6-9-14)16-11-27-18(26)24(16)17(25)10-7-12-3-1-2-4-15(12)19(21,22)23/h1-10,16H,11H2/b10-7+/t16-/m1/s1/i11D2. The van der Waals surface area contributed by atoms with Gasteiger partial charge < -0.3 is 4.74 Å². The summed E-state index contributed by atoms with van der Waals surface area (Å²) in [6, 6.07) is 7.40. The molecule has 1 aliphatic heterocycles. The molecule has 8 heteroatoms. The molecule has 0 bridgehead atoms. The Labute approximate surface area is 154 Å². The minimum atomic E-state index is -4.65. The van der Waals surface area contributed by atoms with Crippen molar-refractivity contribution < 1.29 is 34.6 Å². The maximum atomic E-state index is 13.2. The summed E-state index contributed by atoms with van der Waals surface area (Å²) in [4.78, 5) is 25.1. The van der Waals surface area contributed by atoms with Gasteiger partial charge in [0, 0.05) is 6.08 Å². The second-order valence-electron chi connectivity index (χ2n) is 5.57. The number of carbonyl (C=O) groups is 2. The maximum absolute atomic E-state index is 13.2. The Morgan fingerprint density at radius 2 is 1.85 bits per heavy atom. The predicted octanol–water partition coefficient (Wildman–Crippen LogP) is 4.58. The summed E-state index contributed by atoms with van der Waals surface area (Å²) >= 11 is 0. The Kier molecular flexibility index (Phi) is 4.29. The van der Waals surface area contributed by atoms with Gasteiger partial charge in [-0.1, -0.05) is 30.3 Å². The van der Waals surface area contributed by atoms with E-state index in [4.69, 9.17) is 2.74 Å². The number of hydrogen-bond donors (Lipinski definition) is 0. The highest BCUT2D eigenvalue weighted by molar-refractivity contribution is 6.02. The zero-order chi connectivity index (χ0) is 21.4. The van der Waals surface area contributed by atoms with E-state index in [1.807, 2.05) is 0 Å². The van der Waals surface area contributed by atoms with Crippen molar-refractivity contribution in [3.8, 4) is 0 Å². The van der Waals surface area contributed by atoms with Crippen LogP contribution in [0.2, 0.25) is 0 Å². The zero-order valence-corrected chi connectivity index (χ0v) is 13.5. The normalized spacial score (nSPS) is 20.4. The number of imide groups is 1. The van der Waals surface area contributed by atoms with Crippen molar-refractivity contribution in [1.82, 2.24) is 4.90 Å². The Bertz CT molecular complexity index is 974. The molecule has 0 saturated carbocycles. The van der Waals surface area contributed by atoms with E-state index in [9.17, 15) is 27.2 Å². The van der Waals surface area contributed by atoms with Crippen LogP contribution >= 0.6 is 0 Å². The minimum absolute atomic E-state index is 0.0830. The average Bonchev–Trinajstić information content (AvgIpc) is 2.88. The highest BCUT2D eigenvalue weighted by Gasteiger charge is 2.38. The maximum Gasteiger partial charge on any atom is 0.417 e.